The zero-order valence-electron chi connectivity index (χ0n) is 14.0. The minimum Gasteiger partial charge on any atom is -0.493 e. The Hall–Kier alpha value is -3.79. The number of carbonyl (C=O) groups is 2. The lowest BCUT2D eigenvalue weighted by molar-refractivity contribution is -0.116. The number of benzene rings is 1. The number of nitriles is 1. The number of ether oxygens (including phenoxy) is 2. The molecule has 1 heterocycles. The molecule has 0 spiro atoms. The van der Waals surface area contributed by atoms with E-state index in [2.05, 4.69) is 11.9 Å². The van der Waals surface area contributed by atoms with Crippen molar-refractivity contribution >= 4 is 18.0 Å². The molecule has 0 saturated carbocycles. The van der Waals surface area contributed by atoms with Crippen LogP contribution in [0.2, 0.25) is 0 Å². The molecule has 1 amide bonds. The summed E-state index contributed by atoms with van der Waals surface area (Å²) < 4.78 is 15.4. The standard InChI is InChI=1S/C19H16N2O5/c1-3-8-21-18(22)14(12-20)10-13-6-7-15(17(11-13)24-2)26-19(23)16-5-4-9-25-16/h3-7,9-11H,1,8H2,2H3,(H,21,22). The molecule has 26 heavy (non-hydrogen) atoms. The largest absolute Gasteiger partial charge is 0.493 e. The summed E-state index contributed by atoms with van der Waals surface area (Å²) in [6.07, 6.45) is 4.28. The van der Waals surface area contributed by atoms with Crippen molar-refractivity contribution in [2.24, 2.45) is 0 Å². The van der Waals surface area contributed by atoms with E-state index in [0.717, 1.165) is 0 Å². The number of rotatable bonds is 7. The van der Waals surface area contributed by atoms with E-state index in [9.17, 15) is 9.59 Å². The van der Waals surface area contributed by atoms with Gasteiger partial charge in [-0.05, 0) is 35.9 Å². The van der Waals surface area contributed by atoms with Gasteiger partial charge in [0.1, 0.15) is 11.6 Å². The Bertz CT molecular complexity index is 876. The highest BCUT2D eigenvalue weighted by Gasteiger charge is 2.15. The van der Waals surface area contributed by atoms with Crippen LogP contribution in [0.4, 0.5) is 0 Å². The van der Waals surface area contributed by atoms with Crippen molar-refractivity contribution in [2.45, 2.75) is 0 Å². The third-order valence-corrected chi connectivity index (χ3v) is 3.20. The molecule has 1 aromatic heterocycles. The molecular weight excluding hydrogens is 336 g/mol. The maximum atomic E-state index is 12.0. The summed E-state index contributed by atoms with van der Waals surface area (Å²) in [4.78, 5) is 23.8. The molecule has 7 nitrogen and oxygen atoms in total. The second-order valence-electron chi connectivity index (χ2n) is 4.95. The average molecular weight is 352 g/mol. The van der Waals surface area contributed by atoms with E-state index in [1.165, 1.54) is 37.7 Å². The van der Waals surface area contributed by atoms with Gasteiger partial charge in [-0.3, -0.25) is 4.79 Å². The van der Waals surface area contributed by atoms with Crippen molar-refractivity contribution in [3.8, 4) is 17.6 Å². The second kappa shape index (κ2) is 8.89. The molecule has 0 aliphatic rings. The van der Waals surface area contributed by atoms with Crippen LogP contribution in [0, 0.1) is 11.3 Å². The maximum absolute atomic E-state index is 12.0. The monoisotopic (exact) mass is 352 g/mol. The molecule has 2 rings (SSSR count). The fourth-order valence-corrected chi connectivity index (χ4v) is 1.98. The van der Waals surface area contributed by atoms with Crippen molar-refractivity contribution in [1.29, 1.82) is 5.26 Å². The molecule has 7 heteroatoms. The zero-order chi connectivity index (χ0) is 18.9. The van der Waals surface area contributed by atoms with Crippen LogP contribution in [-0.4, -0.2) is 25.5 Å². The van der Waals surface area contributed by atoms with E-state index < -0.39 is 11.9 Å². The summed E-state index contributed by atoms with van der Waals surface area (Å²) in [5, 5.41) is 11.7. The van der Waals surface area contributed by atoms with Crippen LogP contribution < -0.4 is 14.8 Å². The molecule has 2 aromatic rings. The van der Waals surface area contributed by atoms with Gasteiger partial charge < -0.3 is 19.2 Å². The number of hydrogen-bond acceptors (Lipinski definition) is 6. The molecule has 0 unspecified atom stereocenters. The summed E-state index contributed by atoms with van der Waals surface area (Å²) in [6.45, 7) is 3.75. The summed E-state index contributed by atoms with van der Waals surface area (Å²) >= 11 is 0. The molecule has 1 N–H and O–H groups in total. The number of hydrogen-bond donors (Lipinski definition) is 1. The highest BCUT2D eigenvalue weighted by molar-refractivity contribution is 6.01. The van der Waals surface area contributed by atoms with Crippen molar-refractivity contribution in [2.75, 3.05) is 13.7 Å². The third-order valence-electron chi connectivity index (χ3n) is 3.20. The Labute approximate surface area is 150 Å². The lowest BCUT2D eigenvalue weighted by atomic mass is 10.1. The normalized spacial score (nSPS) is 10.5. The van der Waals surface area contributed by atoms with Gasteiger partial charge in [0.25, 0.3) is 5.91 Å². The number of carbonyl (C=O) groups excluding carboxylic acids is 2. The quantitative estimate of drug-likeness (QED) is 0.270. The Kier molecular flexibility index (Phi) is 6.34. The first-order chi connectivity index (χ1) is 12.6. The van der Waals surface area contributed by atoms with Crippen molar-refractivity contribution < 1.29 is 23.5 Å². The molecule has 1 aromatic carbocycles. The summed E-state index contributed by atoms with van der Waals surface area (Å²) in [6, 6.07) is 9.52. The van der Waals surface area contributed by atoms with Crippen molar-refractivity contribution in [3.05, 3.63) is 66.1 Å². The Morgan fingerprint density at radius 2 is 2.15 bits per heavy atom. The van der Waals surface area contributed by atoms with Crippen LogP contribution in [0.1, 0.15) is 16.1 Å². The fourth-order valence-electron chi connectivity index (χ4n) is 1.98. The van der Waals surface area contributed by atoms with Gasteiger partial charge in [0.15, 0.2) is 11.5 Å². The highest BCUT2D eigenvalue weighted by atomic mass is 16.6. The van der Waals surface area contributed by atoms with E-state index in [1.54, 1.807) is 18.2 Å². The third kappa shape index (κ3) is 4.61. The Morgan fingerprint density at radius 1 is 1.35 bits per heavy atom. The van der Waals surface area contributed by atoms with E-state index in [1.807, 2.05) is 6.07 Å². The van der Waals surface area contributed by atoms with Gasteiger partial charge in [-0.15, -0.1) is 6.58 Å². The van der Waals surface area contributed by atoms with Crippen LogP contribution in [0.25, 0.3) is 6.08 Å². The van der Waals surface area contributed by atoms with E-state index >= 15 is 0 Å². The van der Waals surface area contributed by atoms with Gasteiger partial charge in [-0.2, -0.15) is 5.26 Å². The average Bonchev–Trinajstić information content (AvgIpc) is 3.19. The molecule has 0 fully saturated rings. The molecule has 132 valence electrons. The molecule has 0 radical (unpaired) electrons. The van der Waals surface area contributed by atoms with Gasteiger partial charge in [-0.1, -0.05) is 12.1 Å². The molecular formula is C19H16N2O5. The van der Waals surface area contributed by atoms with E-state index in [4.69, 9.17) is 19.2 Å². The predicted octanol–water partition coefficient (Wildman–Crippen LogP) is 2.72. The summed E-state index contributed by atoms with van der Waals surface area (Å²) in [5.74, 6) is -0.678. The second-order valence-corrected chi connectivity index (χ2v) is 4.95. The lowest BCUT2D eigenvalue weighted by Crippen LogP contribution is -2.24. The van der Waals surface area contributed by atoms with Crippen molar-refractivity contribution in [3.63, 3.8) is 0 Å². The number of esters is 1. The minimum absolute atomic E-state index is 0.0571. The first kappa shape index (κ1) is 18.5. The Morgan fingerprint density at radius 3 is 2.77 bits per heavy atom. The van der Waals surface area contributed by atoms with E-state index in [-0.39, 0.29) is 29.4 Å². The van der Waals surface area contributed by atoms with Crippen LogP contribution in [0.5, 0.6) is 11.5 Å². The van der Waals surface area contributed by atoms with Gasteiger partial charge in [-0.25, -0.2) is 4.79 Å². The van der Waals surface area contributed by atoms with Gasteiger partial charge in [0.2, 0.25) is 5.76 Å². The highest BCUT2D eigenvalue weighted by Crippen LogP contribution is 2.29. The van der Waals surface area contributed by atoms with E-state index in [0.29, 0.717) is 5.56 Å². The van der Waals surface area contributed by atoms with Crippen LogP contribution in [0.15, 0.2) is 59.2 Å². The number of nitrogens with one attached hydrogen (secondary N) is 1. The molecule has 0 saturated heterocycles. The Balaban J connectivity index is 2.23. The number of amides is 1. The lowest BCUT2D eigenvalue weighted by Gasteiger charge is -2.09. The number of nitrogens with zero attached hydrogens (tertiary/aromatic N) is 1. The van der Waals surface area contributed by atoms with Crippen LogP contribution >= 0.6 is 0 Å². The maximum Gasteiger partial charge on any atom is 0.379 e. The molecule has 0 aliphatic carbocycles. The minimum atomic E-state index is -0.668. The number of methoxy groups -OCH3 is 1. The zero-order valence-corrected chi connectivity index (χ0v) is 14.0. The smallest absolute Gasteiger partial charge is 0.379 e. The first-order valence-electron chi connectivity index (χ1n) is 7.53. The fraction of sp³-hybridized carbons (Fsp3) is 0.105. The summed E-state index contributed by atoms with van der Waals surface area (Å²) in [7, 11) is 1.41. The molecule has 0 aliphatic heterocycles. The molecule has 0 atom stereocenters. The van der Waals surface area contributed by atoms with Gasteiger partial charge in [0, 0.05) is 6.54 Å². The van der Waals surface area contributed by atoms with Crippen LogP contribution in [-0.2, 0) is 4.79 Å². The summed E-state index contributed by atoms with van der Waals surface area (Å²) in [5.41, 5.74) is 0.458. The SMILES string of the molecule is C=CCNC(=O)C(C#N)=Cc1ccc(OC(=O)c2ccco2)c(OC)c1. The first-order valence-corrected chi connectivity index (χ1v) is 7.53. The topological polar surface area (TPSA) is 102 Å². The number of furan rings is 1. The van der Waals surface area contributed by atoms with Gasteiger partial charge in [0.05, 0.1) is 13.4 Å². The predicted molar refractivity (Wildman–Crippen MR) is 93.5 cm³/mol. The molecule has 0 bridgehead atoms. The van der Waals surface area contributed by atoms with Crippen molar-refractivity contribution in [1.82, 2.24) is 5.32 Å². The van der Waals surface area contributed by atoms with Gasteiger partial charge >= 0.3 is 5.97 Å². The van der Waals surface area contributed by atoms with Crippen LogP contribution in [0.3, 0.4) is 0 Å².